The van der Waals surface area contributed by atoms with Gasteiger partial charge in [-0.1, -0.05) is 12.1 Å². The first-order valence-electron chi connectivity index (χ1n) is 10.8. The third-order valence-electron chi connectivity index (χ3n) is 6.85. The molecule has 7 nitrogen and oxygen atoms in total. The molecule has 1 aromatic heterocycles. The van der Waals surface area contributed by atoms with Crippen LogP contribution in [-0.4, -0.2) is 45.7 Å². The summed E-state index contributed by atoms with van der Waals surface area (Å²) in [6.07, 6.45) is 5.29. The van der Waals surface area contributed by atoms with E-state index in [0.29, 0.717) is 24.6 Å². The number of aryl methyl sites for hydroxylation is 1. The van der Waals surface area contributed by atoms with Crippen molar-refractivity contribution in [3.63, 3.8) is 0 Å². The Hall–Kier alpha value is -2.83. The summed E-state index contributed by atoms with van der Waals surface area (Å²) in [6.45, 7) is 0.664. The van der Waals surface area contributed by atoms with E-state index in [1.165, 1.54) is 0 Å². The highest BCUT2D eigenvalue weighted by Crippen LogP contribution is 2.46. The number of rotatable bonds is 4. The Bertz CT molecular complexity index is 979. The molecule has 1 spiro atoms. The fraction of sp³-hybridized carbons (Fsp3) is 0.522. The molecule has 5 rings (SSSR count). The Kier molecular flexibility index (Phi) is 4.56. The van der Waals surface area contributed by atoms with E-state index in [1.807, 2.05) is 42.3 Å². The normalized spacial score (nSPS) is 26.1. The molecule has 30 heavy (non-hydrogen) atoms. The fourth-order valence-corrected chi connectivity index (χ4v) is 5.18. The largest absolute Gasteiger partial charge is 0.497 e. The van der Waals surface area contributed by atoms with E-state index in [-0.39, 0.29) is 17.9 Å². The van der Waals surface area contributed by atoms with E-state index in [2.05, 4.69) is 10.4 Å². The number of nitrogens with one attached hydrogen (secondary N) is 1. The van der Waals surface area contributed by atoms with Gasteiger partial charge in [0.25, 0.3) is 5.91 Å². The molecule has 2 amide bonds. The van der Waals surface area contributed by atoms with Crippen molar-refractivity contribution in [1.29, 1.82) is 0 Å². The van der Waals surface area contributed by atoms with E-state index in [4.69, 9.17) is 4.74 Å². The van der Waals surface area contributed by atoms with Crippen LogP contribution in [0.25, 0.3) is 0 Å². The van der Waals surface area contributed by atoms with E-state index >= 15 is 0 Å². The standard InChI is InChI=1S/C23H28N4O3/c1-26-19(14-18(25-26)15-4-5-15)22(29)27-13-3-11-23(12-10-20(28)24-23)21(27)16-6-8-17(30-2)9-7-16/h6-9,14-15,21H,3-5,10-13H2,1-2H3,(H,24,28)/t21-,23+/m1/s1. The summed E-state index contributed by atoms with van der Waals surface area (Å²) in [5.74, 6) is 1.33. The van der Waals surface area contributed by atoms with Crippen LogP contribution >= 0.6 is 0 Å². The minimum Gasteiger partial charge on any atom is -0.497 e. The number of aromatic nitrogens is 2. The van der Waals surface area contributed by atoms with Gasteiger partial charge in [0.1, 0.15) is 11.4 Å². The number of nitrogens with zero attached hydrogens (tertiary/aromatic N) is 3. The topological polar surface area (TPSA) is 76.5 Å². The maximum Gasteiger partial charge on any atom is 0.272 e. The van der Waals surface area contributed by atoms with Gasteiger partial charge in [-0.15, -0.1) is 0 Å². The molecule has 2 atom stereocenters. The summed E-state index contributed by atoms with van der Waals surface area (Å²) in [4.78, 5) is 27.9. The number of benzene rings is 1. The lowest BCUT2D eigenvalue weighted by atomic mass is 9.76. The average molecular weight is 409 g/mol. The third kappa shape index (κ3) is 3.16. The molecule has 2 aromatic rings. The van der Waals surface area contributed by atoms with Crippen LogP contribution in [-0.2, 0) is 11.8 Å². The number of hydrogen-bond donors (Lipinski definition) is 1. The Balaban J connectivity index is 1.54. The van der Waals surface area contributed by atoms with Gasteiger partial charge in [0.05, 0.1) is 24.4 Å². The van der Waals surface area contributed by atoms with Crippen molar-refractivity contribution < 1.29 is 14.3 Å². The van der Waals surface area contributed by atoms with Crippen molar-refractivity contribution in [2.45, 2.75) is 56.0 Å². The van der Waals surface area contributed by atoms with Gasteiger partial charge in [-0.3, -0.25) is 14.3 Å². The zero-order valence-corrected chi connectivity index (χ0v) is 17.6. The van der Waals surface area contributed by atoms with Gasteiger partial charge < -0.3 is 15.0 Å². The summed E-state index contributed by atoms with van der Waals surface area (Å²) in [7, 11) is 3.49. The Labute approximate surface area is 176 Å². The molecule has 7 heteroatoms. The number of ether oxygens (including phenoxy) is 1. The first kappa shape index (κ1) is 19.2. The first-order valence-corrected chi connectivity index (χ1v) is 10.8. The molecule has 0 bridgehead atoms. The number of carbonyl (C=O) groups excluding carboxylic acids is 2. The van der Waals surface area contributed by atoms with Crippen LogP contribution in [0.1, 0.15) is 72.2 Å². The highest BCUT2D eigenvalue weighted by Gasteiger charge is 2.51. The molecule has 158 valence electrons. The summed E-state index contributed by atoms with van der Waals surface area (Å²) < 4.78 is 7.04. The molecule has 1 aromatic carbocycles. The molecule has 3 heterocycles. The van der Waals surface area contributed by atoms with Crippen LogP contribution < -0.4 is 10.1 Å². The Morgan fingerprint density at radius 3 is 2.63 bits per heavy atom. The van der Waals surface area contributed by atoms with Crippen molar-refractivity contribution in [2.24, 2.45) is 7.05 Å². The molecule has 2 aliphatic heterocycles. The van der Waals surface area contributed by atoms with Crippen LogP contribution in [0.2, 0.25) is 0 Å². The molecule has 1 saturated carbocycles. The summed E-state index contributed by atoms with van der Waals surface area (Å²) in [5, 5.41) is 7.84. The van der Waals surface area contributed by atoms with Gasteiger partial charge in [-0.05, 0) is 55.9 Å². The predicted octanol–water partition coefficient (Wildman–Crippen LogP) is 2.93. The number of piperidine rings is 1. The van der Waals surface area contributed by atoms with Crippen molar-refractivity contribution >= 4 is 11.8 Å². The minimum atomic E-state index is -0.419. The second-order valence-electron chi connectivity index (χ2n) is 8.83. The maximum atomic E-state index is 13.7. The number of methoxy groups -OCH3 is 1. The molecule has 3 fully saturated rings. The van der Waals surface area contributed by atoms with E-state index in [1.54, 1.807) is 11.8 Å². The molecule has 3 aliphatic rings. The smallest absolute Gasteiger partial charge is 0.272 e. The van der Waals surface area contributed by atoms with Gasteiger partial charge >= 0.3 is 0 Å². The Morgan fingerprint density at radius 2 is 2.00 bits per heavy atom. The van der Waals surface area contributed by atoms with Crippen LogP contribution in [0, 0.1) is 0 Å². The summed E-state index contributed by atoms with van der Waals surface area (Å²) in [6, 6.07) is 9.62. The molecule has 2 saturated heterocycles. The maximum absolute atomic E-state index is 13.7. The molecular formula is C23H28N4O3. The van der Waals surface area contributed by atoms with Crippen molar-refractivity contribution in [3.8, 4) is 5.75 Å². The van der Waals surface area contributed by atoms with Crippen molar-refractivity contribution in [1.82, 2.24) is 20.0 Å². The second-order valence-corrected chi connectivity index (χ2v) is 8.83. The molecule has 0 unspecified atom stereocenters. The lowest BCUT2D eigenvalue weighted by molar-refractivity contribution is -0.120. The highest BCUT2D eigenvalue weighted by atomic mass is 16.5. The van der Waals surface area contributed by atoms with E-state index < -0.39 is 5.54 Å². The summed E-state index contributed by atoms with van der Waals surface area (Å²) >= 11 is 0. The number of amides is 2. The van der Waals surface area contributed by atoms with E-state index in [0.717, 1.165) is 49.1 Å². The van der Waals surface area contributed by atoms with Gasteiger partial charge in [0, 0.05) is 25.9 Å². The van der Waals surface area contributed by atoms with Crippen LogP contribution in [0.15, 0.2) is 30.3 Å². The monoisotopic (exact) mass is 408 g/mol. The van der Waals surface area contributed by atoms with Gasteiger partial charge in [0.15, 0.2) is 0 Å². The van der Waals surface area contributed by atoms with Crippen LogP contribution in [0.3, 0.4) is 0 Å². The molecule has 0 radical (unpaired) electrons. The van der Waals surface area contributed by atoms with Crippen LogP contribution in [0.5, 0.6) is 5.75 Å². The molecule has 1 aliphatic carbocycles. The molecule has 1 N–H and O–H groups in total. The zero-order chi connectivity index (χ0) is 20.9. The fourth-order valence-electron chi connectivity index (χ4n) is 5.18. The number of carbonyl (C=O) groups is 2. The van der Waals surface area contributed by atoms with Gasteiger partial charge in [-0.2, -0.15) is 5.10 Å². The van der Waals surface area contributed by atoms with Crippen molar-refractivity contribution in [3.05, 3.63) is 47.3 Å². The van der Waals surface area contributed by atoms with E-state index in [9.17, 15) is 9.59 Å². The third-order valence-corrected chi connectivity index (χ3v) is 6.85. The molecular weight excluding hydrogens is 380 g/mol. The minimum absolute atomic E-state index is 0.0158. The quantitative estimate of drug-likeness (QED) is 0.844. The van der Waals surface area contributed by atoms with Crippen molar-refractivity contribution in [2.75, 3.05) is 13.7 Å². The Morgan fingerprint density at radius 1 is 1.23 bits per heavy atom. The SMILES string of the molecule is COc1ccc([C@H]2N(C(=O)c3cc(C4CC4)nn3C)CCC[C@]23CCC(=O)N3)cc1. The number of hydrogen-bond acceptors (Lipinski definition) is 4. The average Bonchev–Trinajstić information content (AvgIpc) is 3.44. The highest BCUT2D eigenvalue weighted by molar-refractivity contribution is 5.93. The first-order chi connectivity index (χ1) is 14.5. The van der Waals surface area contributed by atoms with Crippen LogP contribution in [0.4, 0.5) is 0 Å². The lowest BCUT2D eigenvalue weighted by Gasteiger charge is -2.48. The second kappa shape index (κ2) is 7.15. The predicted molar refractivity (Wildman–Crippen MR) is 111 cm³/mol. The number of likely N-dealkylation sites (tertiary alicyclic amines) is 1. The van der Waals surface area contributed by atoms with Gasteiger partial charge in [-0.25, -0.2) is 0 Å². The zero-order valence-electron chi connectivity index (χ0n) is 17.6. The lowest BCUT2D eigenvalue weighted by Crippen LogP contribution is -2.58. The van der Waals surface area contributed by atoms with Gasteiger partial charge in [0.2, 0.25) is 5.91 Å². The summed E-state index contributed by atoms with van der Waals surface area (Å²) in [5.41, 5.74) is 2.24.